The van der Waals surface area contributed by atoms with Crippen molar-refractivity contribution < 1.29 is 9.59 Å². The highest BCUT2D eigenvalue weighted by Gasteiger charge is 2.28. The third-order valence-electron chi connectivity index (χ3n) is 3.17. The van der Waals surface area contributed by atoms with Crippen LogP contribution in [0.3, 0.4) is 0 Å². The summed E-state index contributed by atoms with van der Waals surface area (Å²) in [4.78, 5) is 22.9. The van der Waals surface area contributed by atoms with Crippen molar-refractivity contribution in [3.05, 3.63) is 29.8 Å². The van der Waals surface area contributed by atoms with Crippen LogP contribution in [0.15, 0.2) is 24.3 Å². The number of hydrogen-bond donors (Lipinski definition) is 3. The number of nitrogens with two attached hydrogens (primary N) is 1. The molecule has 1 aromatic carbocycles. The monoisotopic (exact) mass is 261 g/mol. The first-order valence-electron chi connectivity index (χ1n) is 6.47. The SMILES string of the molecule is CC(=O)Nc1cccc(C(=O)NCC(N)C2CC2)c1. The minimum absolute atomic E-state index is 0.0440. The summed E-state index contributed by atoms with van der Waals surface area (Å²) in [6.45, 7) is 1.93. The average molecular weight is 261 g/mol. The smallest absolute Gasteiger partial charge is 0.251 e. The van der Waals surface area contributed by atoms with E-state index >= 15 is 0 Å². The van der Waals surface area contributed by atoms with E-state index in [0.29, 0.717) is 23.7 Å². The largest absolute Gasteiger partial charge is 0.350 e. The van der Waals surface area contributed by atoms with Gasteiger partial charge in [-0.1, -0.05) is 6.07 Å². The van der Waals surface area contributed by atoms with E-state index in [4.69, 9.17) is 5.73 Å². The van der Waals surface area contributed by atoms with Crippen LogP contribution in [0.25, 0.3) is 0 Å². The number of benzene rings is 1. The molecule has 1 fully saturated rings. The lowest BCUT2D eigenvalue weighted by Crippen LogP contribution is -2.38. The quantitative estimate of drug-likeness (QED) is 0.742. The highest BCUT2D eigenvalue weighted by Crippen LogP contribution is 2.31. The molecule has 0 radical (unpaired) electrons. The zero-order chi connectivity index (χ0) is 13.8. The van der Waals surface area contributed by atoms with Crippen molar-refractivity contribution in [1.29, 1.82) is 0 Å². The third kappa shape index (κ3) is 4.06. The van der Waals surface area contributed by atoms with E-state index in [0.717, 1.165) is 12.8 Å². The lowest BCUT2D eigenvalue weighted by atomic mass is 10.1. The maximum absolute atomic E-state index is 12.0. The van der Waals surface area contributed by atoms with Gasteiger partial charge in [0.05, 0.1) is 0 Å². The second kappa shape index (κ2) is 5.84. The Bertz CT molecular complexity index is 483. The van der Waals surface area contributed by atoms with E-state index in [-0.39, 0.29) is 17.9 Å². The average Bonchev–Trinajstić information content (AvgIpc) is 3.19. The number of nitrogens with one attached hydrogen (secondary N) is 2. The van der Waals surface area contributed by atoms with Gasteiger partial charge in [0.2, 0.25) is 5.91 Å². The summed E-state index contributed by atoms with van der Waals surface area (Å²) in [6, 6.07) is 6.89. The fourth-order valence-electron chi connectivity index (χ4n) is 1.95. The molecular formula is C14H19N3O2. The van der Waals surface area contributed by atoms with Crippen LogP contribution in [0.4, 0.5) is 5.69 Å². The highest BCUT2D eigenvalue weighted by atomic mass is 16.2. The summed E-state index contributed by atoms with van der Waals surface area (Å²) < 4.78 is 0. The van der Waals surface area contributed by atoms with Crippen LogP contribution in [0.1, 0.15) is 30.1 Å². The maximum atomic E-state index is 12.0. The van der Waals surface area contributed by atoms with Gasteiger partial charge >= 0.3 is 0 Å². The third-order valence-corrected chi connectivity index (χ3v) is 3.17. The van der Waals surface area contributed by atoms with Crippen molar-refractivity contribution in [1.82, 2.24) is 5.32 Å². The van der Waals surface area contributed by atoms with Gasteiger partial charge in [-0.25, -0.2) is 0 Å². The molecule has 1 unspecified atom stereocenters. The molecule has 1 atom stereocenters. The Hall–Kier alpha value is -1.88. The van der Waals surface area contributed by atoms with E-state index in [9.17, 15) is 9.59 Å². The molecule has 5 heteroatoms. The molecule has 1 aliphatic rings. The molecule has 2 rings (SSSR count). The zero-order valence-electron chi connectivity index (χ0n) is 11.0. The van der Waals surface area contributed by atoms with Crippen LogP contribution in [-0.2, 0) is 4.79 Å². The molecular weight excluding hydrogens is 242 g/mol. The molecule has 1 saturated carbocycles. The number of amides is 2. The Labute approximate surface area is 112 Å². The van der Waals surface area contributed by atoms with E-state index in [1.54, 1.807) is 24.3 Å². The predicted molar refractivity (Wildman–Crippen MR) is 73.8 cm³/mol. The van der Waals surface area contributed by atoms with Gasteiger partial charge in [0.1, 0.15) is 0 Å². The number of hydrogen-bond acceptors (Lipinski definition) is 3. The molecule has 1 aliphatic carbocycles. The Kier molecular flexibility index (Phi) is 4.16. The molecule has 0 aliphatic heterocycles. The lowest BCUT2D eigenvalue weighted by Gasteiger charge is -2.12. The Morgan fingerprint density at radius 1 is 1.42 bits per heavy atom. The van der Waals surface area contributed by atoms with Crippen LogP contribution in [0, 0.1) is 5.92 Å². The normalized spacial score (nSPS) is 15.7. The molecule has 0 saturated heterocycles. The number of rotatable bonds is 5. The minimum atomic E-state index is -0.164. The van der Waals surface area contributed by atoms with Gasteiger partial charge in [-0.2, -0.15) is 0 Å². The molecule has 19 heavy (non-hydrogen) atoms. The van der Waals surface area contributed by atoms with Gasteiger partial charge in [0.15, 0.2) is 0 Å². The Morgan fingerprint density at radius 2 is 2.16 bits per heavy atom. The van der Waals surface area contributed by atoms with Gasteiger partial charge in [-0.15, -0.1) is 0 Å². The van der Waals surface area contributed by atoms with Crippen LogP contribution < -0.4 is 16.4 Å². The van der Waals surface area contributed by atoms with E-state index in [1.165, 1.54) is 6.92 Å². The standard InChI is InChI=1S/C14H19N3O2/c1-9(18)17-12-4-2-3-11(7-12)14(19)16-8-13(15)10-5-6-10/h2-4,7,10,13H,5-6,8,15H2,1H3,(H,16,19)(H,17,18). The second-order valence-corrected chi connectivity index (χ2v) is 4.97. The van der Waals surface area contributed by atoms with Crippen LogP contribution in [-0.4, -0.2) is 24.4 Å². The number of carbonyl (C=O) groups excluding carboxylic acids is 2. The molecule has 0 heterocycles. The molecule has 102 valence electrons. The zero-order valence-corrected chi connectivity index (χ0v) is 11.0. The molecule has 5 nitrogen and oxygen atoms in total. The van der Waals surface area contributed by atoms with Gasteiger partial charge in [-0.05, 0) is 37.0 Å². The van der Waals surface area contributed by atoms with Crippen LogP contribution in [0.2, 0.25) is 0 Å². The first-order valence-corrected chi connectivity index (χ1v) is 6.47. The Balaban J connectivity index is 1.92. The maximum Gasteiger partial charge on any atom is 0.251 e. The Morgan fingerprint density at radius 3 is 2.79 bits per heavy atom. The number of carbonyl (C=O) groups is 2. The van der Waals surface area contributed by atoms with Crippen molar-refractivity contribution >= 4 is 17.5 Å². The highest BCUT2D eigenvalue weighted by molar-refractivity contribution is 5.96. The summed E-state index contributed by atoms with van der Waals surface area (Å²) in [6.07, 6.45) is 2.32. The van der Waals surface area contributed by atoms with Crippen molar-refractivity contribution in [2.75, 3.05) is 11.9 Å². The fraction of sp³-hybridized carbons (Fsp3) is 0.429. The summed E-state index contributed by atoms with van der Waals surface area (Å²) in [7, 11) is 0. The predicted octanol–water partition coefficient (Wildman–Crippen LogP) is 1.11. The summed E-state index contributed by atoms with van der Waals surface area (Å²) in [5.74, 6) is 0.239. The van der Waals surface area contributed by atoms with E-state index in [2.05, 4.69) is 10.6 Å². The molecule has 0 bridgehead atoms. The lowest BCUT2D eigenvalue weighted by molar-refractivity contribution is -0.114. The van der Waals surface area contributed by atoms with Crippen molar-refractivity contribution in [3.63, 3.8) is 0 Å². The van der Waals surface area contributed by atoms with E-state index < -0.39 is 0 Å². The first-order chi connectivity index (χ1) is 9.06. The summed E-state index contributed by atoms with van der Waals surface area (Å²) in [5, 5.41) is 5.47. The topological polar surface area (TPSA) is 84.2 Å². The molecule has 2 amide bonds. The molecule has 4 N–H and O–H groups in total. The molecule has 0 aromatic heterocycles. The van der Waals surface area contributed by atoms with Gasteiger partial charge in [0.25, 0.3) is 5.91 Å². The number of anilines is 1. The van der Waals surface area contributed by atoms with Gasteiger partial charge in [-0.3, -0.25) is 9.59 Å². The minimum Gasteiger partial charge on any atom is -0.350 e. The van der Waals surface area contributed by atoms with Gasteiger partial charge in [0, 0.05) is 30.8 Å². The van der Waals surface area contributed by atoms with Gasteiger partial charge < -0.3 is 16.4 Å². The van der Waals surface area contributed by atoms with Crippen LogP contribution in [0.5, 0.6) is 0 Å². The van der Waals surface area contributed by atoms with Crippen LogP contribution >= 0.6 is 0 Å². The summed E-state index contributed by atoms with van der Waals surface area (Å²) >= 11 is 0. The van der Waals surface area contributed by atoms with Crippen molar-refractivity contribution in [2.45, 2.75) is 25.8 Å². The van der Waals surface area contributed by atoms with Crippen molar-refractivity contribution in [2.24, 2.45) is 11.7 Å². The molecule has 1 aromatic rings. The first kappa shape index (κ1) is 13.5. The summed E-state index contributed by atoms with van der Waals surface area (Å²) in [5.41, 5.74) is 7.07. The second-order valence-electron chi connectivity index (χ2n) is 4.97. The fourth-order valence-corrected chi connectivity index (χ4v) is 1.95. The molecule has 0 spiro atoms. The van der Waals surface area contributed by atoms with E-state index in [1.807, 2.05) is 0 Å². The van der Waals surface area contributed by atoms with Crippen molar-refractivity contribution in [3.8, 4) is 0 Å².